The minimum absolute atomic E-state index is 0.0616. The normalized spacial score (nSPS) is 14.0. The van der Waals surface area contributed by atoms with E-state index in [4.69, 9.17) is 0 Å². The standard InChI is InChI=1S/C20H27N5OS/c1-4-21-20(22-11-18-14(2)24-15(3)27-18)23-12-19(26)25-10-9-16-7-5-6-8-17(16)13-25/h5-8H,4,9-13H2,1-3H3,(H2,21,22,23). The fourth-order valence-corrected chi connectivity index (χ4v) is 4.08. The van der Waals surface area contributed by atoms with Gasteiger partial charge >= 0.3 is 0 Å². The summed E-state index contributed by atoms with van der Waals surface area (Å²) in [5.41, 5.74) is 3.63. The second-order valence-corrected chi connectivity index (χ2v) is 7.91. The average Bonchev–Trinajstić information content (AvgIpc) is 3.00. The molecule has 144 valence electrons. The van der Waals surface area contributed by atoms with Gasteiger partial charge in [-0.05, 0) is 38.3 Å². The highest BCUT2D eigenvalue weighted by Gasteiger charge is 2.20. The molecule has 1 aliphatic rings. The zero-order chi connectivity index (χ0) is 19.2. The van der Waals surface area contributed by atoms with Gasteiger partial charge in [-0.1, -0.05) is 24.3 Å². The Bertz CT molecular complexity index is 830. The van der Waals surface area contributed by atoms with Crippen molar-refractivity contribution < 1.29 is 4.79 Å². The number of carbonyl (C=O) groups is 1. The van der Waals surface area contributed by atoms with E-state index in [-0.39, 0.29) is 12.5 Å². The number of aliphatic imine (C=N–C) groups is 1. The zero-order valence-electron chi connectivity index (χ0n) is 16.2. The lowest BCUT2D eigenvalue weighted by atomic mass is 10.00. The number of benzene rings is 1. The molecule has 0 aliphatic carbocycles. The van der Waals surface area contributed by atoms with Crippen LogP contribution < -0.4 is 10.6 Å². The third kappa shape index (κ3) is 5.07. The largest absolute Gasteiger partial charge is 0.357 e. The number of amides is 1. The number of fused-ring (bicyclic) bond motifs is 1. The highest BCUT2D eigenvalue weighted by atomic mass is 32.1. The lowest BCUT2D eigenvalue weighted by Crippen LogP contribution is -2.40. The number of hydrogen-bond acceptors (Lipinski definition) is 4. The average molecular weight is 386 g/mol. The van der Waals surface area contributed by atoms with Gasteiger partial charge in [0.25, 0.3) is 0 Å². The Balaban J connectivity index is 1.58. The van der Waals surface area contributed by atoms with Crippen molar-refractivity contribution in [2.24, 2.45) is 4.99 Å². The fraction of sp³-hybridized carbons (Fsp3) is 0.450. The van der Waals surface area contributed by atoms with Gasteiger partial charge in [0.2, 0.25) is 5.91 Å². The van der Waals surface area contributed by atoms with Crippen molar-refractivity contribution in [2.45, 2.75) is 40.3 Å². The summed E-state index contributed by atoms with van der Waals surface area (Å²) >= 11 is 1.68. The van der Waals surface area contributed by atoms with Crippen molar-refractivity contribution in [1.29, 1.82) is 0 Å². The van der Waals surface area contributed by atoms with Gasteiger partial charge in [-0.15, -0.1) is 11.3 Å². The van der Waals surface area contributed by atoms with Crippen molar-refractivity contribution in [1.82, 2.24) is 20.5 Å². The van der Waals surface area contributed by atoms with E-state index in [0.29, 0.717) is 19.0 Å². The highest BCUT2D eigenvalue weighted by molar-refractivity contribution is 7.11. The van der Waals surface area contributed by atoms with Crippen molar-refractivity contribution in [3.63, 3.8) is 0 Å². The Morgan fingerprint density at radius 2 is 2.04 bits per heavy atom. The molecule has 0 bridgehead atoms. The minimum atomic E-state index is 0.0616. The maximum atomic E-state index is 12.6. The Morgan fingerprint density at radius 1 is 1.26 bits per heavy atom. The Hall–Kier alpha value is -2.41. The highest BCUT2D eigenvalue weighted by Crippen LogP contribution is 2.18. The van der Waals surface area contributed by atoms with Crippen molar-refractivity contribution >= 4 is 23.2 Å². The number of aromatic nitrogens is 1. The molecular formula is C20H27N5OS. The first-order chi connectivity index (χ1) is 13.1. The van der Waals surface area contributed by atoms with E-state index in [1.54, 1.807) is 11.3 Å². The van der Waals surface area contributed by atoms with Gasteiger partial charge in [-0.2, -0.15) is 0 Å². The molecule has 2 aromatic rings. The summed E-state index contributed by atoms with van der Waals surface area (Å²) in [4.78, 5) is 24.6. The number of thiazole rings is 1. The first-order valence-electron chi connectivity index (χ1n) is 9.36. The van der Waals surface area contributed by atoms with Crippen LogP contribution in [-0.4, -0.2) is 41.4 Å². The smallest absolute Gasteiger partial charge is 0.244 e. The van der Waals surface area contributed by atoms with Crippen LogP contribution in [0.15, 0.2) is 29.3 Å². The van der Waals surface area contributed by atoms with Crippen LogP contribution in [0, 0.1) is 13.8 Å². The molecule has 2 heterocycles. The molecule has 0 spiro atoms. The molecule has 7 heteroatoms. The molecular weight excluding hydrogens is 358 g/mol. The summed E-state index contributed by atoms with van der Waals surface area (Å²) in [7, 11) is 0. The predicted molar refractivity (Wildman–Crippen MR) is 110 cm³/mol. The van der Waals surface area contributed by atoms with Gasteiger partial charge in [0.15, 0.2) is 5.96 Å². The Morgan fingerprint density at radius 3 is 2.74 bits per heavy atom. The third-order valence-corrected chi connectivity index (χ3v) is 5.69. The van der Waals surface area contributed by atoms with E-state index in [0.717, 1.165) is 30.2 Å². The second kappa shape index (κ2) is 8.99. The molecule has 0 radical (unpaired) electrons. The molecule has 27 heavy (non-hydrogen) atoms. The van der Waals surface area contributed by atoms with Crippen LogP contribution >= 0.6 is 11.3 Å². The molecule has 0 unspecified atom stereocenters. The van der Waals surface area contributed by atoms with Crippen molar-refractivity contribution in [2.75, 3.05) is 19.6 Å². The summed E-state index contributed by atoms with van der Waals surface area (Å²) in [5, 5.41) is 7.57. The minimum Gasteiger partial charge on any atom is -0.357 e. The van der Waals surface area contributed by atoms with E-state index in [9.17, 15) is 4.79 Å². The van der Waals surface area contributed by atoms with E-state index >= 15 is 0 Å². The molecule has 1 amide bonds. The number of rotatable bonds is 5. The van der Waals surface area contributed by atoms with Gasteiger partial charge in [0.05, 0.1) is 17.2 Å². The van der Waals surface area contributed by atoms with E-state index in [1.807, 2.05) is 31.7 Å². The number of guanidine groups is 1. The molecule has 1 aromatic carbocycles. The number of nitrogens with zero attached hydrogens (tertiary/aromatic N) is 3. The Kier molecular flexibility index (Phi) is 6.45. The predicted octanol–water partition coefficient (Wildman–Crippen LogP) is 2.40. The van der Waals surface area contributed by atoms with E-state index < -0.39 is 0 Å². The van der Waals surface area contributed by atoms with E-state index in [2.05, 4.69) is 38.8 Å². The fourth-order valence-electron chi connectivity index (χ4n) is 3.20. The number of hydrogen-bond donors (Lipinski definition) is 2. The molecule has 6 nitrogen and oxygen atoms in total. The zero-order valence-corrected chi connectivity index (χ0v) is 17.0. The van der Waals surface area contributed by atoms with Crippen molar-refractivity contribution in [3.05, 3.63) is 51.0 Å². The summed E-state index contributed by atoms with van der Waals surface area (Å²) in [6.07, 6.45) is 0.911. The SMILES string of the molecule is CCNC(=NCC(=O)N1CCc2ccccc2C1)NCc1sc(C)nc1C. The molecule has 0 saturated carbocycles. The van der Waals surface area contributed by atoms with Crippen LogP contribution in [0.3, 0.4) is 0 Å². The van der Waals surface area contributed by atoms with Gasteiger partial charge in [-0.25, -0.2) is 9.98 Å². The van der Waals surface area contributed by atoms with Gasteiger partial charge in [-0.3, -0.25) is 4.79 Å². The third-order valence-electron chi connectivity index (χ3n) is 4.62. The lowest BCUT2D eigenvalue weighted by Gasteiger charge is -2.28. The molecule has 2 N–H and O–H groups in total. The lowest BCUT2D eigenvalue weighted by molar-refractivity contribution is -0.130. The van der Waals surface area contributed by atoms with Gasteiger partial charge in [0, 0.05) is 24.5 Å². The first-order valence-corrected chi connectivity index (χ1v) is 10.2. The van der Waals surface area contributed by atoms with Gasteiger partial charge in [0.1, 0.15) is 6.54 Å². The monoisotopic (exact) mass is 385 g/mol. The second-order valence-electron chi connectivity index (χ2n) is 6.62. The number of aryl methyl sites for hydroxylation is 2. The summed E-state index contributed by atoms with van der Waals surface area (Å²) in [6.45, 7) is 9.04. The van der Waals surface area contributed by atoms with Crippen molar-refractivity contribution in [3.8, 4) is 0 Å². The molecule has 0 fully saturated rings. The van der Waals surface area contributed by atoms with Crippen LogP contribution in [0.4, 0.5) is 0 Å². The summed E-state index contributed by atoms with van der Waals surface area (Å²) in [5.74, 6) is 0.722. The maximum Gasteiger partial charge on any atom is 0.244 e. The molecule has 0 atom stereocenters. The quantitative estimate of drug-likeness (QED) is 0.613. The number of nitrogens with one attached hydrogen (secondary N) is 2. The van der Waals surface area contributed by atoms with Crippen LogP contribution in [0.5, 0.6) is 0 Å². The number of carbonyl (C=O) groups excluding carboxylic acids is 1. The van der Waals surface area contributed by atoms with E-state index in [1.165, 1.54) is 16.0 Å². The first kappa shape index (κ1) is 19.4. The van der Waals surface area contributed by atoms with Gasteiger partial charge < -0.3 is 15.5 Å². The molecule has 3 rings (SSSR count). The van der Waals surface area contributed by atoms with Crippen LogP contribution in [0.25, 0.3) is 0 Å². The maximum absolute atomic E-state index is 12.6. The van der Waals surface area contributed by atoms with Crippen LogP contribution in [0.1, 0.15) is 33.6 Å². The van der Waals surface area contributed by atoms with Crippen LogP contribution in [-0.2, 0) is 24.3 Å². The molecule has 1 aromatic heterocycles. The summed E-state index contributed by atoms with van der Waals surface area (Å²) in [6, 6.07) is 8.33. The van der Waals surface area contributed by atoms with Crippen LogP contribution in [0.2, 0.25) is 0 Å². The molecule has 1 aliphatic heterocycles. The summed E-state index contributed by atoms with van der Waals surface area (Å²) < 4.78 is 0. The molecule has 0 saturated heterocycles. The Labute approximate surface area is 164 Å². The topological polar surface area (TPSA) is 69.6 Å².